The zero-order valence-corrected chi connectivity index (χ0v) is 27.2. The molecule has 0 bridgehead atoms. The molecule has 0 spiro atoms. The second kappa shape index (κ2) is 10.1. The van der Waals surface area contributed by atoms with Gasteiger partial charge in [-0.3, -0.25) is 0 Å². The monoisotopic (exact) mass is 599 g/mol. The molecular formula is C41H37N5. The van der Waals surface area contributed by atoms with E-state index >= 15 is 0 Å². The van der Waals surface area contributed by atoms with Crippen LogP contribution < -0.4 is 0 Å². The molecule has 226 valence electrons. The summed E-state index contributed by atoms with van der Waals surface area (Å²) in [5, 5.41) is 4.93. The van der Waals surface area contributed by atoms with Crippen molar-refractivity contribution < 1.29 is 0 Å². The van der Waals surface area contributed by atoms with Gasteiger partial charge in [-0.1, -0.05) is 108 Å². The quantitative estimate of drug-likeness (QED) is 0.203. The van der Waals surface area contributed by atoms with Crippen LogP contribution in [0.15, 0.2) is 115 Å². The molecule has 8 aromatic rings. The Bertz CT molecular complexity index is 2360. The molecule has 0 aliphatic carbocycles. The highest BCUT2D eigenvalue weighted by atomic mass is 15.1. The highest BCUT2D eigenvalue weighted by Crippen LogP contribution is 2.39. The van der Waals surface area contributed by atoms with Crippen molar-refractivity contribution in [3.63, 3.8) is 0 Å². The molecule has 46 heavy (non-hydrogen) atoms. The Morgan fingerprint density at radius 3 is 1.46 bits per heavy atom. The summed E-state index contributed by atoms with van der Waals surface area (Å²) in [6.45, 7) is 13.0. The van der Waals surface area contributed by atoms with E-state index in [1.54, 1.807) is 0 Å². The van der Waals surface area contributed by atoms with E-state index in [4.69, 9.17) is 15.0 Å². The van der Waals surface area contributed by atoms with E-state index in [0.29, 0.717) is 5.82 Å². The van der Waals surface area contributed by atoms with E-state index in [2.05, 4.69) is 166 Å². The van der Waals surface area contributed by atoms with E-state index in [1.165, 1.54) is 32.6 Å². The first-order chi connectivity index (χ1) is 22.1. The SMILES string of the molecule is CC(C)(C)c1nc(-c2ccccc2-n2c3ccccc3c3cc(-n4c5ccccc5c5ccccc54)ccc32)nc(C(C)(C)C)n1. The van der Waals surface area contributed by atoms with Gasteiger partial charge >= 0.3 is 0 Å². The average molecular weight is 600 g/mol. The molecular weight excluding hydrogens is 562 g/mol. The Kier molecular flexibility index (Phi) is 6.20. The Morgan fingerprint density at radius 1 is 0.435 bits per heavy atom. The minimum Gasteiger partial charge on any atom is -0.309 e. The van der Waals surface area contributed by atoms with Crippen LogP contribution in [0.2, 0.25) is 0 Å². The van der Waals surface area contributed by atoms with Crippen molar-refractivity contribution in [1.82, 2.24) is 24.1 Å². The molecule has 3 aromatic heterocycles. The van der Waals surface area contributed by atoms with Gasteiger partial charge in [0.15, 0.2) is 5.82 Å². The summed E-state index contributed by atoms with van der Waals surface area (Å²) in [5.41, 5.74) is 7.42. The molecule has 5 nitrogen and oxygen atoms in total. The number of hydrogen-bond acceptors (Lipinski definition) is 3. The van der Waals surface area contributed by atoms with Gasteiger partial charge in [-0.25, -0.2) is 15.0 Å². The van der Waals surface area contributed by atoms with Crippen molar-refractivity contribution in [3.8, 4) is 22.8 Å². The van der Waals surface area contributed by atoms with Crippen LogP contribution in [-0.2, 0) is 10.8 Å². The van der Waals surface area contributed by atoms with Gasteiger partial charge in [-0.15, -0.1) is 0 Å². The summed E-state index contributed by atoms with van der Waals surface area (Å²) in [5.74, 6) is 2.30. The van der Waals surface area contributed by atoms with Crippen molar-refractivity contribution in [2.45, 2.75) is 52.4 Å². The van der Waals surface area contributed by atoms with E-state index in [-0.39, 0.29) is 10.8 Å². The summed E-state index contributed by atoms with van der Waals surface area (Å²) in [4.78, 5) is 15.1. The molecule has 0 aliphatic heterocycles. The molecule has 0 amide bonds. The van der Waals surface area contributed by atoms with Crippen molar-refractivity contribution in [3.05, 3.63) is 127 Å². The summed E-state index contributed by atoms with van der Waals surface area (Å²) < 4.78 is 4.75. The highest BCUT2D eigenvalue weighted by molar-refractivity contribution is 6.12. The van der Waals surface area contributed by atoms with Gasteiger partial charge in [0.1, 0.15) is 11.6 Å². The minimum absolute atomic E-state index is 0.220. The van der Waals surface area contributed by atoms with Crippen LogP contribution in [0.1, 0.15) is 53.2 Å². The lowest BCUT2D eigenvalue weighted by molar-refractivity contribution is 0.497. The van der Waals surface area contributed by atoms with E-state index in [0.717, 1.165) is 39.6 Å². The Labute approximate surface area is 269 Å². The second-order valence-electron chi connectivity index (χ2n) is 14.2. The van der Waals surface area contributed by atoms with Crippen molar-refractivity contribution in [1.29, 1.82) is 0 Å². The zero-order valence-electron chi connectivity index (χ0n) is 27.2. The van der Waals surface area contributed by atoms with E-state index in [1.807, 2.05) is 0 Å². The van der Waals surface area contributed by atoms with Gasteiger partial charge in [0, 0.05) is 43.6 Å². The standard InChI is InChI=1S/C41H37N5/c1-40(2,3)38-42-37(43-39(44-38)41(4,5)6)30-18-10-14-22-35(30)46-34-21-13-9-17-29(34)31-25-26(23-24-36(31)46)45-32-19-11-7-15-27(32)28-16-8-12-20-33(28)45/h7-25H,1-6H3. The molecule has 0 N–H and O–H groups in total. The average Bonchev–Trinajstić information content (AvgIpc) is 3.56. The molecule has 0 fully saturated rings. The first kappa shape index (κ1) is 28.2. The smallest absolute Gasteiger partial charge is 0.165 e. The molecule has 0 saturated carbocycles. The second-order valence-corrected chi connectivity index (χ2v) is 14.2. The van der Waals surface area contributed by atoms with Gasteiger partial charge in [-0.2, -0.15) is 0 Å². The number of nitrogens with zero attached hydrogens (tertiary/aromatic N) is 5. The molecule has 0 saturated heterocycles. The third-order valence-electron chi connectivity index (χ3n) is 8.86. The van der Waals surface area contributed by atoms with Gasteiger partial charge in [0.2, 0.25) is 0 Å². The van der Waals surface area contributed by atoms with Crippen LogP contribution in [0.5, 0.6) is 0 Å². The van der Waals surface area contributed by atoms with Crippen LogP contribution >= 0.6 is 0 Å². The van der Waals surface area contributed by atoms with Gasteiger partial charge in [0.05, 0.1) is 27.8 Å². The lowest BCUT2D eigenvalue weighted by Gasteiger charge is -2.23. The first-order valence-electron chi connectivity index (χ1n) is 16.0. The molecule has 5 heteroatoms. The zero-order chi connectivity index (χ0) is 31.8. The first-order valence-corrected chi connectivity index (χ1v) is 16.0. The molecule has 3 heterocycles. The Balaban J connectivity index is 1.40. The summed E-state index contributed by atoms with van der Waals surface area (Å²) >= 11 is 0. The fourth-order valence-corrected chi connectivity index (χ4v) is 6.59. The minimum atomic E-state index is -0.220. The predicted molar refractivity (Wildman–Crippen MR) is 191 cm³/mol. The molecule has 0 aliphatic rings. The highest BCUT2D eigenvalue weighted by Gasteiger charge is 2.27. The lowest BCUT2D eigenvalue weighted by atomic mass is 9.93. The maximum atomic E-state index is 5.09. The maximum Gasteiger partial charge on any atom is 0.165 e. The normalized spacial score (nSPS) is 12.6. The largest absolute Gasteiger partial charge is 0.309 e. The van der Waals surface area contributed by atoms with Gasteiger partial charge in [-0.05, 0) is 48.5 Å². The number of fused-ring (bicyclic) bond motifs is 6. The Morgan fingerprint density at radius 2 is 0.891 bits per heavy atom. The van der Waals surface area contributed by atoms with Crippen molar-refractivity contribution in [2.24, 2.45) is 0 Å². The molecule has 0 atom stereocenters. The van der Waals surface area contributed by atoms with Crippen molar-refractivity contribution >= 4 is 43.6 Å². The maximum absolute atomic E-state index is 5.09. The number of aromatic nitrogens is 5. The molecule has 5 aromatic carbocycles. The number of benzene rings is 5. The fraction of sp³-hybridized carbons (Fsp3) is 0.195. The fourth-order valence-electron chi connectivity index (χ4n) is 6.59. The van der Waals surface area contributed by atoms with Gasteiger partial charge < -0.3 is 9.13 Å². The topological polar surface area (TPSA) is 48.5 Å². The van der Waals surface area contributed by atoms with E-state index < -0.39 is 0 Å². The van der Waals surface area contributed by atoms with Crippen LogP contribution in [0.4, 0.5) is 0 Å². The summed E-state index contributed by atoms with van der Waals surface area (Å²) in [6, 6.07) is 41.4. The predicted octanol–water partition coefficient (Wildman–Crippen LogP) is 10.3. The third kappa shape index (κ3) is 4.41. The Hall–Kier alpha value is -5.29. The van der Waals surface area contributed by atoms with Crippen molar-refractivity contribution in [2.75, 3.05) is 0 Å². The van der Waals surface area contributed by atoms with Crippen LogP contribution in [0.3, 0.4) is 0 Å². The number of hydrogen-bond donors (Lipinski definition) is 0. The van der Waals surface area contributed by atoms with Crippen LogP contribution in [0, 0.1) is 0 Å². The lowest BCUT2D eigenvalue weighted by Crippen LogP contribution is -2.24. The third-order valence-corrected chi connectivity index (χ3v) is 8.86. The summed E-state index contributed by atoms with van der Waals surface area (Å²) in [6.07, 6.45) is 0. The number of rotatable bonds is 3. The summed E-state index contributed by atoms with van der Waals surface area (Å²) in [7, 11) is 0. The number of para-hydroxylation sites is 4. The van der Waals surface area contributed by atoms with Crippen LogP contribution in [0.25, 0.3) is 66.4 Å². The molecule has 8 rings (SSSR count). The molecule has 0 radical (unpaired) electrons. The van der Waals surface area contributed by atoms with Gasteiger partial charge in [0.25, 0.3) is 0 Å². The molecule has 0 unspecified atom stereocenters. The van der Waals surface area contributed by atoms with E-state index in [9.17, 15) is 0 Å². The van der Waals surface area contributed by atoms with Crippen LogP contribution in [-0.4, -0.2) is 24.1 Å².